The number of hydrogen-bond donors (Lipinski definition) is 0. The van der Waals surface area contributed by atoms with E-state index in [9.17, 15) is 5.26 Å². The van der Waals surface area contributed by atoms with E-state index in [1.165, 1.54) is 0 Å². The van der Waals surface area contributed by atoms with E-state index in [2.05, 4.69) is 113 Å². The molecule has 0 amide bonds. The van der Waals surface area contributed by atoms with E-state index in [1.54, 1.807) is 0 Å². The van der Waals surface area contributed by atoms with Gasteiger partial charge < -0.3 is 9.13 Å². The molecule has 0 atom stereocenters. The second kappa shape index (κ2) is 13.2. The molecule has 0 fully saturated rings. The summed E-state index contributed by atoms with van der Waals surface area (Å²) in [5.41, 5.74) is 9.98. The maximum atomic E-state index is 11.2. The molecule has 58 heavy (non-hydrogen) atoms. The summed E-state index contributed by atoms with van der Waals surface area (Å²) in [6.07, 6.45) is 0. The van der Waals surface area contributed by atoms with Crippen LogP contribution in [0, 0.1) is 52.9 Å². The molecule has 11 nitrogen and oxygen atoms in total. The number of benzene rings is 5. The Bertz CT molecular complexity index is 3330. The number of nitrogens with zero attached hydrogens (tertiary/aromatic N) is 11. The molecule has 0 aliphatic carbocycles. The molecule has 278 valence electrons. The Labute approximate surface area is 333 Å². The number of aromatic nitrogens is 10. The molecule has 0 bridgehead atoms. The van der Waals surface area contributed by atoms with E-state index >= 15 is 0 Å². The van der Waals surface area contributed by atoms with Crippen molar-refractivity contribution in [2.45, 2.75) is 41.5 Å². The Morgan fingerprint density at radius 3 is 1.40 bits per heavy atom. The molecule has 0 saturated heterocycles. The van der Waals surface area contributed by atoms with Crippen LogP contribution in [0.1, 0.15) is 40.4 Å². The van der Waals surface area contributed by atoms with Gasteiger partial charge in [0.05, 0.1) is 44.7 Å². The average Bonchev–Trinajstić information content (AvgIpc) is 3.71. The van der Waals surface area contributed by atoms with Gasteiger partial charge in [-0.2, -0.15) is 5.26 Å². The van der Waals surface area contributed by atoms with E-state index in [4.69, 9.17) is 15.0 Å². The van der Waals surface area contributed by atoms with Crippen LogP contribution >= 0.6 is 0 Å². The maximum Gasteiger partial charge on any atom is 0.163 e. The van der Waals surface area contributed by atoms with Crippen LogP contribution < -0.4 is 0 Å². The van der Waals surface area contributed by atoms with Crippen LogP contribution in [0.15, 0.2) is 103 Å². The number of nitriles is 1. The van der Waals surface area contributed by atoms with Gasteiger partial charge in [-0.05, 0) is 84.0 Å². The Kier molecular flexibility index (Phi) is 7.91. The fourth-order valence-corrected chi connectivity index (χ4v) is 8.32. The van der Waals surface area contributed by atoms with Crippen molar-refractivity contribution in [1.29, 1.82) is 5.26 Å². The highest BCUT2D eigenvalue weighted by molar-refractivity contribution is 6.12. The summed E-state index contributed by atoms with van der Waals surface area (Å²) in [7, 11) is 0. The average molecular weight is 754 g/mol. The second-order valence-electron chi connectivity index (χ2n) is 14.6. The summed E-state index contributed by atoms with van der Waals surface area (Å²) in [5, 5.41) is 15.4. The predicted molar refractivity (Wildman–Crippen MR) is 227 cm³/mol. The molecule has 0 aliphatic heterocycles. The van der Waals surface area contributed by atoms with Crippen molar-refractivity contribution in [3.05, 3.63) is 144 Å². The summed E-state index contributed by atoms with van der Waals surface area (Å²) < 4.78 is 4.41. The first-order valence-electron chi connectivity index (χ1n) is 19.0. The van der Waals surface area contributed by atoms with Crippen molar-refractivity contribution in [1.82, 2.24) is 49.0 Å². The second-order valence-corrected chi connectivity index (χ2v) is 14.6. The molecule has 0 aliphatic rings. The van der Waals surface area contributed by atoms with Gasteiger partial charge in [-0.15, -0.1) is 0 Å². The number of fused-ring (bicyclic) bond motifs is 6. The number of rotatable bonds is 5. The third kappa shape index (κ3) is 5.65. The Morgan fingerprint density at radius 2 is 0.897 bits per heavy atom. The first-order chi connectivity index (χ1) is 28.1. The van der Waals surface area contributed by atoms with Gasteiger partial charge in [-0.1, -0.05) is 60.7 Å². The van der Waals surface area contributed by atoms with Crippen LogP contribution in [0.3, 0.4) is 0 Å². The minimum Gasteiger partial charge on any atom is -0.308 e. The van der Waals surface area contributed by atoms with Crippen molar-refractivity contribution in [2.75, 3.05) is 0 Å². The lowest BCUT2D eigenvalue weighted by molar-refractivity contribution is 0.928. The Hall–Kier alpha value is -7.71. The van der Waals surface area contributed by atoms with Crippen LogP contribution in [0.2, 0.25) is 0 Å². The summed E-state index contributed by atoms with van der Waals surface area (Å²) in [6.45, 7) is 11.4. The first kappa shape index (κ1) is 34.8. The van der Waals surface area contributed by atoms with Gasteiger partial charge in [0.1, 0.15) is 35.2 Å². The van der Waals surface area contributed by atoms with E-state index < -0.39 is 0 Å². The van der Waals surface area contributed by atoms with Crippen LogP contribution in [-0.4, -0.2) is 49.0 Å². The zero-order chi connectivity index (χ0) is 39.8. The quantitative estimate of drug-likeness (QED) is 0.168. The van der Waals surface area contributed by atoms with Gasteiger partial charge in [0.25, 0.3) is 0 Å². The molecule has 11 heteroatoms. The maximum absolute atomic E-state index is 11.2. The molecule has 0 spiro atoms. The lowest BCUT2D eigenvalue weighted by atomic mass is 10.0. The standard InChI is InChI=1S/C47H35N11/c1-25-19-39(52-26(2)49-25)38-23-42(57-40-13-9-7-11-34(40)36-17-15-31(20-43(36)57)46-53-27(3)50-28(4)54-46)33(24-48)22-45(38)58-41-14-10-8-12-35(41)37-18-16-32(21-44(37)58)47-55-29(5)51-30(6)56-47/h7-23H,1-6H3. The summed E-state index contributed by atoms with van der Waals surface area (Å²) in [4.78, 5) is 37.2. The molecule has 0 unspecified atom stereocenters. The van der Waals surface area contributed by atoms with Gasteiger partial charge in [0.2, 0.25) is 0 Å². The normalized spacial score (nSPS) is 11.6. The fraction of sp³-hybridized carbons (Fsp3) is 0.128. The lowest BCUT2D eigenvalue weighted by Gasteiger charge is -2.19. The molecular formula is C47H35N11. The van der Waals surface area contributed by atoms with E-state index in [-0.39, 0.29) is 0 Å². The van der Waals surface area contributed by atoms with Crippen molar-refractivity contribution >= 4 is 43.6 Å². The zero-order valence-electron chi connectivity index (χ0n) is 32.7. The van der Waals surface area contributed by atoms with Gasteiger partial charge in [-0.25, -0.2) is 39.9 Å². The Morgan fingerprint density at radius 1 is 0.431 bits per heavy atom. The molecule has 0 radical (unpaired) electrons. The highest BCUT2D eigenvalue weighted by Gasteiger charge is 2.23. The molecule has 0 N–H and O–H groups in total. The van der Waals surface area contributed by atoms with Gasteiger partial charge in [0.15, 0.2) is 11.6 Å². The molecule has 5 aromatic carbocycles. The molecule has 0 saturated carbocycles. The largest absolute Gasteiger partial charge is 0.308 e. The number of para-hydroxylation sites is 2. The highest BCUT2D eigenvalue weighted by atomic mass is 15.0. The van der Waals surface area contributed by atoms with Crippen molar-refractivity contribution < 1.29 is 0 Å². The van der Waals surface area contributed by atoms with Crippen LogP contribution in [0.4, 0.5) is 0 Å². The fourth-order valence-electron chi connectivity index (χ4n) is 8.32. The third-order valence-electron chi connectivity index (χ3n) is 10.5. The topological polar surface area (TPSA) is 137 Å². The predicted octanol–water partition coefficient (Wildman–Crippen LogP) is 9.76. The minimum atomic E-state index is 0.493. The summed E-state index contributed by atoms with van der Waals surface area (Å²) in [6, 6.07) is 37.9. The third-order valence-corrected chi connectivity index (χ3v) is 10.5. The van der Waals surface area contributed by atoms with E-state index in [0.717, 1.165) is 83.1 Å². The molecule has 10 rings (SSSR count). The smallest absolute Gasteiger partial charge is 0.163 e. The van der Waals surface area contributed by atoms with Crippen LogP contribution in [0.5, 0.6) is 0 Å². The molecule has 10 aromatic rings. The zero-order valence-corrected chi connectivity index (χ0v) is 32.7. The monoisotopic (exact) mass is 753 g/mol. The lowest BCUT2D eigenvalue weighted by Crippen LogP contribution is -2.05. The van der Waals surface area contributed by atoms with Crippen LogP contribution in [0.25, 0.3) is 89.0 Å². The highest BCUT2D eigenvalue weighted by Crippen LogP contribution is 2.41. The van der Waals surface area contributed by atoms with Crippen LogP contribution in [-0.2, 0) is 0 Å². The van der Waals surface area contributed by atoms with Gasteiger partial charge in [-0.3, -0.25) is 0 Å². The molecular weight excluding hydrogens is 719 g/mol. The first-order valence-corrected chi connectivity index (χ1v) is 19.0. The number of hydrogen-bond acceptors (Lipinski definition) is 9. The minimum absolute atomic E-state index is 0.493. The van der Waals surface area contributed by atoms with Gasteiger partial charge >= 0.3 is 0 Å². The van der Waals surface area contributed by atoms with Crippen molar-refractivity contribution in [3.63, 3.8) is 0 Å². The Balaban J connectivity index is 1.31. The molecule has 5 aromatic heterocycles. The number of aryl methyl sites for hydroxylation is 6. The van der Waals surface area contributed by atoms with E-state index in [1.807, 2.05) is 71.9 Å². The van der Waals surface area contributed by atoms with E-state index in [0.29, 0.717) is 46.3 Å². The summed E-state index contributed by atoms with van der Waals surface area (Å²) >= 11 is 0. The SMILES string of the molecule is Cc1cc(-c2cc(-n3c4ccccc4c4ccc(-c5nc(C)nc(C)n5)cc43)c(C#N)cc2-n2c3ccccc3c3ccc(-c4nc(C)nc(C)n4)cc32)nc(C)n1. The molecule has 5 heterocycles. The summed E-state index contributed by atoms with van der Waals surface area (Å²) in [5.74, 6) is 4.48. The van der Waals surface area contributed by atoms with Crippen molar-refractivity contribution in [3.8, 4) is 51.5 Å². The van der Waals surface area contributed by atoms with Gasteiger partial charge in [0, 0.05) is 43.9 Å². The van der Waals surface area contributed by atoms with Crippen molar-refractivity contribution in [2.24, 2.45) is 0 Å².